The highest BCUT2D eigenvalue weighted by molar-refractivity contribution is 6.04. The van der Waals surface area contributed by atoms with Gasteiger partial charge < -0.3 is 19.7 Å². The largest absolute Gasteiger partial charge is 0.504 e. The number of methoxy groups -OCH3 is 2. The van der Waals surface area contributed by atoms with Crippen molar-refractivity contribution in [2.45, 2.75) is 5.92 Å². The summed E-state index contributed by atoms with van der Waals surface area (Å²) >= 11 is 0. The zero-order chi connectivity index (χ0) is 16.1. The zero-order valence-corrected chi connectivity index (χ0v) is 12.4. The first-order chi connectivity index (χ1) is 10.6. The summed E-state index contributed by atoms with van der Waals surface area (Å²) in [5.41, 5.74) is 0.768. The van der Waals surface area contributed by atoms with Crippen LogP contribution in [0.3, 0.4) is 0 Å². The van der Waals surface area contributed by atoms with Crippen LogP contribution in [0.1, 0.15) is 21.8 Å². The first-order valence-corrected chi connectivity index (χ1v) is 6.78. The Bertz CT molecular complexity index is 652. The van der Waals surface area contributed by atoms with Gasteiger partial charge in [-0.1, -0.05) is 30.3 Å². The lowest BCUT2D eigenvalue weighted by molar-refractivity contribution is 0.0919. The number of benzene rings is 2. The summed E-state index contributed by atoms with van der Waals surface area (Å²) in [7, 11) is 2.83. The molecule has 0 saturated carbocycles. The number of carbonyl (C=O) groups excluding carboxylic acids is 1. The van der Waals surface area contributed by atoms with Gasteiger partial charge in [0.25, 0.3) is 0 Å². The van der Waals surface area contributed by atoms with Gasteiger partial charge in [0.05, 0.1) is 32.3 Å². The summed E-state index contributed by atoms with van der Waals surface area (Å²) in [5, 5.41) is 19.8. The Morgan fingerprint density at radius 2 is 1.77 bits per heavy atom. The van der Waals surface area contributed by atoms with E-state index in [2.05, 4.69) is 0 Å². The number of hydrogen-bond acceptors (Lipinski definition) is 5. The van der Waals surface area contributed by atoms with Crippen LogP contribution in [-0.4, -0.2) is 36.8 Å². The Morgan fingerprint density at radius 3 is 2.32 bits per heavy atom. The maximum Gasteiger partial charge on any atom is 0.203 e. The molecule has 0 aliphatic carbocycles. The van der Waals surface area contributed by atoms with Gasteiger partial charge >= 0.3 is 0 Å². The zero-order valence-electron chi connectivity index (χ0n) is 12.4. The molecule has 1 unspecified atom stereocenters. The Hall–Kier alpha value is -2.53. The number of hydrogen-bond donors (Lipinski definition) is 2. The van der Waals surface area contributed by atoms with Gasteiger partial charge in [0.2, 0.25) is 5.75 Å². The molecule has 22 heavy (non-hydrogen) atoms. The molecule has 0 aliphatic heterocycles. The molecule has 2 N–H and O–H groups in total. The van der Waals surface area contributed by atoms with Crippen molar-refractivity contribution in [3.8, 4) is 17.2 Å². The van der Waals surface area contributed by atoms with E-state index in [0.29, 0.717) is 11.3 Å². The van der Waals surface area contributed by atoms with E-state index >= 15 is 0 Å². The molecule has 2 aromatic rings. The van der Waals surface area contributed by atoms with Crippen molar-refractivity contribution in [3.63, 3.8) is 0 Å². The molecule has 5 heteroatoms. The monoisotopic (exact) mass is 302 g/mol. The average Bonchev–Trinajstić information content (AvgIpc) is 2.56. The van der Waals surface area contributed by atoms with Crippen molar-refractivity contribution in [2.75, 3.05) is 20.8 Å². The van der Waals surface area contributed by atoms with E-state index in [9.17, 15) is 15.0 Å². The summed E-state index contributed by atoms with van der Waals surface area (Å²) in [6.45, 7) is -0.351. The van der Waals surface area contributed by atoms with Crippen molar-refractivity contribution in [1.82, 2.24) is 0 Å². The summed E-state index contributed by atoms with van der Waals surface area (Å²) < 4.78 is 10.2. The van der Waals surface area contributed by atoms with Crippen molar-refractivity contribution >= 4 is 5.78 Å². The predicted molar refractivity (Wildman–Crippen MR) is 81.8 cm³/mol. The molecule has 0 aromatic heterocycles. The molecule has 0 saturated heterocycles. The third-order valence-electron chi connectivity index (χ3n) is 3.49. The van der Waals surface area contributed by atoms with Crippen LogP contribution in [-0.2, 0) is 0 Å². The molecule has 0 amide bonds. The summed E-state index contributed by atoms with van der Waals surface area (Å²) in [5.74, 6) is -0.992. The van der Waals surface area contributed by atoms with Crippen LogP contribution in [0.15, 0.2) is 42.5 Å². The Labute approximate surface area is 128 Å². The molecule has 116 valence electrons. The third-order valence-corrected chi connectivity index (χ3v) is 3.49. The van der Waals surface area contributed by atoms with Crippen molar-refractivity contribution in [3.05, 3.63) is 53.6 Å². The number of ether oxygens (including phenoxy) is 2. The van der Waals surface area contributed by atoms with Gasteiger partial charge in [-0.05, 0) is 17.7 Å². The lowest BCUT2D eigenvalue weighted by Gasteiger charge is -2.16. The van der Waals surface area contributed by atoms with E-state index in [1.54, 1.807) is 30.3 Å². The Balaban J connectivity index is 2.44. The average molecular weight is 302 g/mol. The van der Waals surface area contributed by atoms with Crippen LogP contribution in [0.25, 0.3) is 0 Å². The normalized spacial score (nSPS) is 11.8. The van der Waals surface area contributed by atoms with Crippen LogP contribution in [0.5, 0.6) is 17.2 Å². The number of carbonyl (C=O) groups is 1. The molecule has 0 heterocycles. The van der Waals surface area contributed by atoms with Gasteiger partial charge in [-0.15, -0.1) is 0 Å². The number of phenols is 1. The second-order valence-corrected chi connectivity index (χ2v) is 4.71. The van der Waals surface area contributed by atoms with E-state index in [4.69, 9.17) is 9.47 Å². The molecule has 2 aromatic carbocycles. The van der Waals surface area contributed by atoms with Gasteiger partial charge in [-0.25, -0.2) is 0 Å². The van der Waals surface area contributed by atoms with Gasteiger partial charge in [0.15, 0.2) is 17.3 Å². The number of ketones is 1. The number of rotatable bonds is 6. The van der Waals surface area contributed by atoms with Crippen molar-refractivity contribution in [1.29, 1.82) is 0 Å². The van der Waals surface area contributed by atoms with E-state index in [0.717, 1.165) is 0 Å². The first kappa shape index (κ1) is 15.9. The molecular formula is C17H18O5. The van der Waals surface area contributed by atoms with Crippen LogP contribution < -0.4 is 9.47 Å². The summed E-state index contributed by atoms with van der Waals surface area (Å²) in [4.78, 5) is 12.6. The van der Waals surface area contributed by atoms with Gasteiger partial charge in [-0.2, -0.15) is 0 Å². The predicted octanol–water partition coefficient (Wildman–Crippen LogP) is 2.37. The second-order valence-electron chi connectivity index (χ2n) is 4.71. The highest BCUT2D eigenvalue weighted by Crippen LogP contribution is 2.40. The van der Waals surface area contributed by atoms with Crippen LogP contribution in [0.2, 0.25) is 0 Å². The van der Waals surface area contributed by atoms with Gasteiger partial charge in [0, 0.05) is 0 Å². The minimum atomic E-state index is -0.745. The molecule has 1 atom stereocenters. The maximum absolute atomic E-state index is 12.6. The number of aliphatic hydroxyl groups is 1. The third kappa shape index (κ3) is 2.89. The quantitative estimate of drug-likeness (QED) is 0.801. The van der Waals surface area contributed by atoms with Gasteiger partial charge in [0.1, 0.15) is 0 Å². The lowest BCUT2D eigenvalue weighted by Crippen LogP contribution is -2.17. The van der Waals surface area contributed by atoms with E-state index in [1.165, 1.54) is 20.3 Å². The fourth-order valence-corrected chi connectivity index (χ4v) is 2.32. The first-order valence-electron chi connectivity index (χ1n) is 6.78. The topological polar surface area (TPSA) is 76.0 Å². The summed E-state index contributed by atoms with van der Waals surface area (Å²) in [6, 6.07) is 11.9. The number of aliphatic hydroxyl groups excluding tert-OH is 1. The number of aromatic hydroxyl groups is 1. The molecule has 0 bridgehead atoms. The molecule has 0 fully saturated rings. The highest BCUT2D eigenvalue weighted by Gasteiger charge is 2.26. The standard InChI is InChI=1S/C17H18O5/c1-21-14-9-8-12(16(20)17(14)22-2)15(19)13(10-18)11-6-4-3-5-7-11/h3-9,13,18,20H,10H2,1-2H3. The number of phenolic OH excluding ortho intramolecular Hbond substituents is 1. The molecule has 0 radical (unpaired) electrons. The molecular weight excluding hydrogens is 284 g/mol. The smallest absolute Gasteiger partial charge is 0.203 e. The highest BCUT2D eigenvalue weighted by atomic mass is 16.5. The van der Waals surface area contributed by atoms with Crippen LogP contribution in [0.4, 0.5) is 0 Å². The minimum absolute atomic E-state index is 0.0838. The van der Waals surface area contributed by atoms with E-state index < -0.39 is 5.92 Å². The molecule has 0 aliphatic rings. The molecule has 2 rings (SSSR count). The fraction of sp³-hybridized carbons (Fsp3) is 0.235. The molecule has 0 spiro atoms. The molecule has 5 nitrogen and oxygen atoms in total. The lowest BCUT2D eigenvalue weighted by atomic mass is 9.90. The Morgan fingerprint density at radius 1 is 1.09 bits per heavy atom. The maximum atomic E-state index is 12.6. The van der Waals surface area contributed by atoms with Gasteiger partial charge in [-0.3, -0.25) is 4.79 Å². The van der Waals surface area contributed by atoms with E-state index in [1.807, 2.05) is 6.07 Å². The fourth-order valence-electron chi connectivity index (χ4n) is 2.32. The SMILES string of the molecule is COc1ccc(C(=O)C(CO)c2ccccc2)c(O)c1OC. The van der Waals surface area contributed by atoms with Crippen LogP contribution >= 0.6 is 0 Å². The second kappa shape index (κ2) is 6.95. The van der Waals surface area contributed by atoms with E-state index in [-0.39, 0.29) is 29.5 Å². The minimum Gasteiger partial charge on any atom is -0.504 e. The number of Topliss-reactive ketones (excluding diaryl/α,β-unsaturated/α-hetero) is 1. The van der Waals surface area contributed by atoms with Crippen molar-refractivity contribution < 1.29 is 24.5 Å². The Kier molecular flexibility index (Phi) is 5.01. The van der Waals surface area contributed by atoms with Crippen molar-refractivity contribution in [2.24, 2.45) is 0 Å². The summed E-state index contributed by atoms with van der Waals surface area (Å²) in [6.07, 6.45) is 0. The van der Waals surface area contributed by atoms with Crippen LogP contribution in [0, 0.1) is 0 Å².